The first-order valence-corrected chi connectivity index (χ1v) is 7.26. The van der Waals surface area contributed by atoms with Crippen LogP contribution in [0.25, 0.3) is 0 Å². The summed E-state index contributed by atoms with van der Waals surface area (Å²) in [5.41, 5.74) is 1.25. The average Bonchev–Trinajstić information content (AvgIpc) is 3.11. The lowest BCUT2D eigenvalue weighted by molar-refractivity contribution is 0.102. The van der Waals surface area contributed by atoms with Crippen molar-refractivity contribution in [2.45, 2.75) is 64.6 Å². The number of hydrogen-bond donors (Lipinski definition) is 1. The second-order valence-electron chi connectivity index (χ2n) is 5.14. The molecule has 0 aromatic carbocycles. The Hall–Kier alpha value is -0.800. The van der Waals surface area contributed by atoms with Crippen LogP contribution in [-0.4, -0.2) is 12.6 Å². The molecule has 1 heterocycles. The summed E-state index contributed by atoms with van der Waals surface area (Å²) in [6, 6.07) is 2.79. The van der Waals surface area contributed by atoms with E-state index in [0.717, 1.165) is 31.4 Å². The normalized spacial score (nSPS) is 15.2. The summed E-state index contributed by atoms with van der Waals surface area (Å²) in [6.07, 6.45) is 9.41. The van der Waals surface area contributed by atoms with E-state index in [1.807, 2.05) is 6.07 Å². The van der Waals surface area contributed by atoms with Crippen LogP contribution in [0.4, 0.5) is 0 Å². The third kappa shape index (κ3) is 4.83. The fraction of sp³-hybridized carbons (Fsp3) is 0.733. The van der Waals surface area contributed by atoms with E-state index in [2.05, 4.69) is 12.2 Å². The third-order valence-corrected chi connectivity index (χ3v) is 3.37. The first kappa shape index (κ1) is 13.6. The van der Waals surface area contributed by atoms with E-state index in [1.165, 1.54) is 37.7 Å². The van der Waals surface area contributed by atoms with E-state index in [1.54, 1.807) is 6.26 Å². The molecule has 0 atom stereocenters. The van der Waals surface area contributed by atoms with Crippen LogP contribution in [0.1, 0.15) is 56.8 Å². The highest BCUT2D eigenvalue weighted by Gasteiger charge is 2.20. The molecule has 0 radical (unpaired) electrons. The molecule has 1 aromatic rings. The molecule has 102 valence electrons. The first-order chi connectivity index (χ1) is 8.90. The Labute approximate surface area is 110 Å². The Morgan fingerprint density at radius 3 is 3.00 bits per heavy atom. The van der Waals surface area contributed by atoms with E-state index >= 15 is 0 Å². The number of rotatable bonds is 10. The van der Waals surface area contributed by atoms with Crippen molar-refractivity contribution in [3.8, 4) is 0 Å². The molecule has 3 heteroatoms. The third-order valence-electron chi connectivity index (χ3n) is 3.37. The molecule has 0 bridgehead atoms. The standard InChI is InChI=1S/C15H25NO2/c1-2-3-4-5-9-17-12-15-13(8-10-18-15)11-16-14-6-7-14/h8,10,14,16H,2-7,9,11-12H2,1H3. The average molecular weight is 251 g/mol. The van der Waals surface area contributed by atoms with Crippen molar-refractivity contribution < 1.29 is 9.15 Å². The van der Waals surface area contributed by atoms with Gasteiger partial charge in [0.05, 0.1) is 6.26 Å². The number of ether oxygens (including phenoxy) is 1. The Morgan fingerprint density at radius 1 is 1.33 bits per heavy atom. The largest absolute Gasteiger partial charge is 0.467 e. The van der Waals surface area contributed by atoms with Crippen LogP contribution >= 0.6 is 0 Å². The van der Waals surface area contributed by atoms with Gasteiger partial charge in [0, 0.05) is 24.8 Å². The summed E-state index contributed by atoms with van der Waals surface area (Å²) < 4.78 is 11.1. The van der Waals surface area contributed by atoms with Crippen LogP contribution in [0.5, 0.6) is 0 Å². The summed E-state index contributed by atoms with van der Waals surface area (Å²) in [5, 5.41) is 3.50. The molecule has 1 aromatic heterocycles. The fourth-order valence-corrected chi connectivity index (χ4v) is 1.99. The molecule has 2 rings (SSSR count). The maximum atomic E-state index is 5.67. The molecular weight excluding hydrogens is 226 g/mol. The highest BCUT2D eigenvalue weighted by Crippen LogP contribution is 2.20. The van der Waals surface area contributed by atoms with Gasteiger partial charge in [-0.15, -0.1) is 0 Å². The summed E-state index contributed by atoms with van der Waals surface area (Å²) in [4.78, 5) is 0. The summed E-state index contributed by atoms with van der Waals surface area (Å²) in [5.74, 6) is 0.985. The highest BCUT2D eigenvalue weighted by molar-refractivity contribution is 5.16. The van der Waals surface area contributed by atoms with Gasteiger partial charge in [0.1, 0.15) is 12.4 Å². The SMILES string of the molecule is CCCCCCOCc1occc1CNC1CC1. The van der Waals surface area contributed by atoms with E-state index in [-0.39, 0.29) is 0 Å². The van der Waals surface area contributed by atoms with Crippen LogP contribution in [-0.2, 0) is 17.9 Å². The number of furan rings is 1. The lowest BCUT2D eigenvalue weighted by Gasteiger charge is -2.05. The van der Waals surface area contributed by atoms with E-state index in [9.17, 15) is 0 Å². The van der Waals surface area contributed by atoms with Gasteiger partial charge in [0.25, 0.3) is 0 Å². The molecule has 1 saturated carbocycles. The van der Waals surface area contributed by atoms with Crippen LogP contribution in [0, 0.1) is 0 Å². The van der Waals surface area contributed by atoms with Gasteiger partial charge in [-0.25, -0.2) is 0 Å². The predicted octanol–water partition coefficient (Wildman–Crippen LogP) is 3.63. The van der Waals surface area contributed by atoms with Gasteiger partial charge in [0.2, 0.25) is 0 Å². The van der Waals surface area contributed by atoms with Crippen LogP contribution in [0.3, 0.4) is 0 Å². The number of hydrogen-bond acceptors (Lipinski definition) is 3. The van der Waals surface area contributed by atoms with Gasteiger partial charge in [-0.3, -0.25) is 0 Å². The maximum Gasteiger partial charge on any atom is 0.133 e. The van der Waals surface area contributed by atoms with Crippen molar-refractivity contribution in [3.05, 3.63) is 23.7 Å². The molecule has 1 aliphatic carbocycles. The van der Waals surface area contributed by atoms with Crippen molar-refractivity contribution in [2.75, 3.05) is 6.61 Å². The quantitative estimate of drug-likeness (QED) is 0.645. The van der Waals surface area contributed by atoms with Crippen LogP contribution in [0.15, 0.2) is 16.7 Å². The number of nitrogens with one attached hydrogen (secondary N) is 1. The van der Waals surface area contributed by atoms with Crippen LogP contribution < -0.4 is 5.32 Å². The Bertz CT molecular complexity index is 331. The Morgan fingerprint density at radius 2 is 2.22 bits per heavy atom. The van der Waals surface area contributed by atoms with Gasteiger partial charge in [-0.1, -0.05) is 26.2 Å². The summed E-state index contributed by atoms with van der Waals surface area (Å²) in [6.45, 7) is 4.59. The van der Waals surface area contributed by atoms with Gasteiger partial charge < -0.3 is 14.5 Å². The van der Waals surface area contributed by atoms with E-state index < -0.39 is 0 Å². The van der Waals surface area contributed by atoms with Gasteiger partial charge in [0.15, 0.2) is 0 Å². The summed E-state index contributed by atoms with van der Waals surface area (Å²) in [7, 11) is 0. The monoisotopic (exact) mass is 251 g/mol. The minimum absolute atomic E-state index is 0.612. The number of unbranched alkanes of at least 4 members (excludes halogenated alkanes) is 3. The zero-order valence-corrected chi connectivity index (χ0v) is 11.4. The maximum absolute atomic E-state index is 5.67. The molecular formula is C15H25NO2. The molecule has 0 aliphatic heterocycles. The molecule has 18 heavy (non-hydrogen) atoms. The topological polar surface area (TPSA) is 34.4 Å². The van der Waals surface area contributed by atoms with Crippen molar-refractivity contribution in [1.29, 1.82) is 0 Å². The van der Waals surface area contributed by atoms with Crippen molar-refractivity contribution >= 4 is 0 Å². The lowest BCUT2D eigenvalue weighted by Crippen LogP contribution is -2.15. The summed E-state index contributed by atoms with van der Waals surface area (Å²) >= 11 is 0. The second kappa shape index (κ2) is 7.59. The van der Waals surface area contributed by atoms with Crippen molar-refractivity contribution in [1.82, 2.24) is 5.32 Å². The van der Waals surface area contributed by atoms with E-state index in [0.29, 0.717) is 6.61 Å². The molecule has 0 saturated heterocycles. The molecule has 0 amide bonds. The van der Waals surface area contributed by atoms with E-state index in [4.69, 9.17) is 9.15 Å². The van der Waals surface area contributed by atoms with Crippen molar-refractivity contribution in [3.63, 3.8) is 0 Å². The van der Waals surface area contributed by atoms with Gasteiger partial charge in [-0.2, -0.15) is 0 Å². The lowest BCUT2D eigenvalue weighted by atomic mass is 10.2. The first-order valence-electron chi connectivity index (χ1n) is 7.26. The van der Waals surface area contributed by atoms with Gasteiger partial charge in [-0.05, 0) is 25.3 Å². The van der Waals surface area contributed by atoms with Crippen LogP contribution in [0.2, 0.25) is 0 Å². The Kier molecular flexibility index (Phi) is 5.75. The van der Waals surface area contributed by atoms with Gasteiger partial charge >= 0.3 is 0 Å². The fourth-order valence-electron chi connectivity index (χ4n) is 1.99. The molecule has 1 N–H and O–H groups in total. The van der Waals surface area contributed by atoms with Crippen molar-refractivity contribution in [2.24, 2.45) is 0 Å². The molecule has 0 spiro atoms. The highest BCUT2D eigenvalue weighted by atomic mass is 16.5. The molecule has 1 fully saturated rings. The minimum atomic E-state index is 0.612. The zero-order chi connectivity index (χ0) is 12.6. The predicted molar refractivity (Wildman–Crippen MR) is 72.4 cm³/mol. The minimum Gasteiger partial charge on any atom is -0.467 e. The second-order valence-corrected chi connectivity index (χ2v) is 5.14. The Balaban J connectivity index is 1.60. The smallest absolute Gasteiger partial charge is 0.133 e. The molecule has 1 aliphatic rings. The zero-order valence-electron chi connectivity index (χ0n) is 11.4. The molecule has 0 unspecified atom stereocenters. The molecule has 3 nitrogen and oxygen atoms in total.